The lowest BCUT2D eigenvalue weighted by molar-refractivity contribution is -0.141. The highest BCUT2D eigenvalue weighted by Crippen LogP contribution is 2.31. The van der Waals surface area contributed by atoms with Crippen molar-refractivity contribution in [3.05, 3.63) is 52.9 Å². The van der Waals surface area contributed by atoms with Crippen molar-refractivity contribution >= 4 is 0 Å². The second kappa shape index (κ2) is 10.1. The molecule has 2 aromatic rings. The normalized spacial score (nSPS) is 11.0. The molecule has 27 heavy (non-hydrogen) atoms. The molecule has 152 valence electrons. The molecule has 0 fully saturated rings. The Labute approximate surface area is 152 Å². The smallest absolute Gasteiger partial charge is 0.433 e. The van der Waals surface area contributed by atoms with E-state index in [1.807, 2.05) is 13.8 Å². The molecule has 0 N–H and O–H groups in total. The average Bonchev–Trinajstić information content (AvgIpc) is 2.57. The molecule has 2 aromatic heterocycles. The molecule has 0 atom stereocenters. The molecule has 0 aromatic carbocycles. The van der Waals surface area contributed by atoms with Crippen LogP contribution < -0.4 is 4.74 Å². The Kier molecular flexibility index (Phi) is 9.18. The van der Waals surface area contributed by atoms with Crippen molar-refractivity contribution in [2.75, 3.05) is 7.11 Å². The largest absolute Gasteiger partial charge is 0.497 e. The molecule has 0 aliphatic carbocycles. The molecule has 0 radical (unpaired) electrons. The van der Waals surface area contributed by atoms with Crippen molar-refractivity contribution in [3.63, 3.8) is 0 Å². The van der Waals surface area contributed by atoms with E-state index in [-0.39, 0.29) is 17.1 Å². The standard InChI is InChI=1S/C8H8F3NO.C7H5F4N.C2H6/c1-5-3-6(13-2)4-7(12-5)8(9,10)11;1-4-2-5(7(9,10)11)6(8)3-12-4;1-2/h3-4H,1-2H3;2-3H,1H3;1-2H3. The van der Waals surface area contributed by atoms with Crippen LogP contribution in [0.5, 0.6) is 5.75 Å². The fourth-order valence-electron chi connectivity index (χ4n) is 1.66. The van der Waals surface area contributed by atoms with Crippen LogP contribution in [0, 0.1) is 19.7 Å². The summed E-state index contributed by atoms with van der Waals surface area (Å²) in [5.74, 6) is -1.17. The number of rotatable bonds is 1. The third kappa shape index (κ3) is 8.23. The predicted octanol–water partition coefficient (Wildman–Crippen LogP) is 5.99. The zero-order valence-electron chi connectivity index (χ0n) is 15.3. The van der Waals surface area contributed by atoms with Gasteiger partial charge in [0.25, 0.3) is 0 Å². The lowest BCUT2D eigenvalue weighted by Gasteiger charge is -2.08. The molecule has 0 spiro atoms. The Morgan fingerprint density at radius 1 is 0.852 bits per heavy atom. The zero-order chi connectivity index (χ0) is 21.4. The Hall–Kier alpha value is -2.39. The van der Waals surface area contributed by atoms with Crippen molar-refractivity contribution < 1.29 is 35.5 Å². The van der Waals surface area contributed by atoms with Gasteiger partial charge in [0.2, 0.25) is 0 Å². The van der Waals surface area contributed by atoms with Crippen LogP contribution in [0.15, 0.2) is 24.4 Å². The molecule has 10 heteroatoms. The molecule has 0 saturated carbocycles. The number of ether oxygens (including phenoxy) is 1. The van der Waals surface area contributed by atoms with Crippen LogP contribution in [-0.4, -0.2) is 17.1 Å². The highest BCUT2D eigenvalue weighted by atomic mass is 19.4. The first-order valence-corrected chi connectivity index (χ1v) is 7.63. The Bertz CT molecular complexity index is 728. The summed E-state index contributed by atoms with van der Waals surface area (Å²) in [6.07, 6.45) is -8.49. The van der Waals surface area contributed by atoms with Gasteiger partial charge in [0.1, 0.15) is 11.4 Å². The summed E-state index contributed by atoms with van der Waals surface area (Å²) in [6, 6.07) is 2.98. The second-order valence-corrected chi connectivity index (χ2v) is 4.83. The van der Waals surface area contributed by atoms with Crippen LogP contribution in [0.3, 0.4) is 0 Å². The highest BCUT2D eigenvalue weighted by Gasteiger charge is 2.34. The molecule has 0 amide bonds. The molecule has 0 saturated heterocycles. The summed E-state index contributed by atoms with van der Waals surface area (Å²) in [7, 11) is 1.31. The number of methoxy groups -OCH3 is 1. The molecular formula is C17H19F7N2O. The van der Waals surface area contributed by atoms with Gasteiger partial charge in [-0.05, 0) is 19.9 Å². The minimum Gasteiger partial charge on any atom is -0.497 e. The minimum atomic E-state index is -4.64. The first kappa shape index (κ1) is 24.6. The van der Waals surface area contributed by atoms with Gasteiger partial charge >= 0.3 is 12.4 Å². The first-order chi connectivity index (χ1) is 12.3. The van der Waals surface area contributed by atoms with Gasteiger partial charge in [-0.1, -0.05) is 13.8 Å². The van der Waals surface area contributed by atoms with Crippen molar-refractivity contribution in [3.8, 4) is 5.75 Å². The summed E-state index contributed by atoms with van der Waals surface area (Å²) in [5, 5.41) is 0. The van der Waals surface area contributed by atoms with Crippen LogP contribution in [0.1, 0.15) is 36.5 Å². The quantitative estimate of drug-likeness (QED) is 0.552. The lowest BCUT2D eigenvalue weighted by Crippen LogP contribution is -2.08. The number of hydrogen-bond acceptors (Lipinski definition) is 3. The molecule has 0 unspecified atom stereocenters. The monoisotopic (exact) mass is 400 g/mol. The van der Waals surface area contributed by atoms with E-state index >= 15 is 0 Å². The van der Waals surface area contributed by atoms with Crippen LogP contribution >= 0.6 is 0 Å². The van der Waals surface area contributed by atoms with E-state index in [4.69, 9.17) is 4.74 Å². The maximum Gasteiger partial charge on any atom is 0.433 e. The highest BCUT2D eigenvalue weighted by molar-refractivity contribution is 5.27. The number of hydrogen-bond donors (Lipinski definition) is 0. The van der Waals surface area contributed by atoms with E-state index in [1.165, 1.54) is 27.0 Å². The molecule has 2 heterocycles. The van der Waals surface area contributed by atoms with E-state index in [0.29, 0.717) is 12.3 Å². The SMILES string of the molecule is CC.COc1cc(C)nc(C(F)(F)F)c1.Cc1cc(C(F)(F)F)c(F)cn1. The average molecular weight is 400 g/mol. The van der Waals surface area contributed by atoms with Gasteiger partial charge in [-0.3, -0.25) is 4.98 Å². The summed E-state index contributed by atoms with van der Waals surface area (Å²) in [5.41, 5.74) is -1.77. The van der Waals surface area contributed by atoms with Crippen LogP contribution in [0.4, 0.5) is 30.7 Å². The fraction of sp³-hybridized carbons (Fsp3) is 0.412. The van der Waals surface area contributed by atoms with Crippen molar-refractivity contribution in [2.45, 2.75) is 40.0 Å². The number of nitrogens with zero attached hydrogens (tertiary/aromatic N) is 2. The van der Waals surface area contributed by atoms with Gasteiger partial charge in [0, 0.05) is 23.5 Å². The maximum atomic E-state index is 12.5. The van der Waals surface area contributed by atoms with Gasteiger partial charge in [0.05, 0.1) is 18.9 Å². The van der Waals surface area contributed by atoms with Crippen LogP contribution in [0.25, 0.3) is 0 Å². The topological polar surface area (TPSA) is 35.0 Å². The third-order valence-corrected chi connectivity index (χ3v) is 2.75. The number of aryl methyl sites for hydroxylation is 2. The Morgan fingerprint density at radius 3 is 1.81 bits per heavy atom. The number of halogens is 7. The molecular weight excluding hydrogens is 381 g/mol. The minimum absolute atomic E-state index is 0.142. The first-order valence-electron chi connectivity index (χ1n) is 7.63. The van der Waals surface area contributed by atoms with Crippen molar-refractivity contribution in [2.24, 2.45) is 0 Å². The summed E-state index contributed by atoms with van der Waals surface area (Å²) >= 11 is 0. The number of pyridine rings is 2. The Balaban J connectivity index is 0.000000460. The molecule has 0 bridgehead atoms. The van der Waals surface area contributed by atoms with Crippen LogP contribution in [0.2, 0.25) is 0 Å². The van der Waals surface area contributed by atoms with E-state index in [1.54, 1.807) is 0 Å². The fourth-order valence-corrected chi connectivity index (χ4v) is 1.66. The molecule has 0 aliphatic heterocycles. The van der Waals surface area contributed by atoms with E-state index in [9.17, 15) is 30.7 Å². The van der Waals surface area contributed by atoms with Gasteiger partial charge in [-0.2, -0.15) is 26.3 Å². The second-order valence-electron chi connectivity index (χ2n) is 4.83. The lowest BCUT2D eigenvalue weighted by atomic mass is 10.2. The molecule has 0 aliphatic rings. The summed E-state index contributed by atoms with van der Waals surface area (Å²) < 4.78 is 89.6. The van der Waals surface area contributed by atoms with Gasteiger partial charge < -0.3 is 4.74 Å². The van der Waals surface area contributed by atoms with Crippen LogP contribution in [-0.2, 0) is 12.4 Å². The summed E-state index contributed by atoms with van der Waals surface area (Å²) in [4.78, 5) is 6.73. The predicted molar refractivity (Wildman–Crippen MR) is 85.8 cm³/mol. The Morgan fingerprint density at radius 2 is 1.41 bits per heavy atom. The van der Waals surface area contributed by atoms with Crippen molar-refractivity contribution in [1.82, 2.24) is 9.97 Å². The van der Waals surface area contributed by atoms with Gasteiger partial charge in [-0.15, -0.1) is 0 Å². The van der Waals surface area contributed by atoms with E-state index < -0.39 is 29.4 Å². The van der Waals surface area contributed by atoms with Gasteiger partial charge in [0.15, 0.2) is 5.82 Å². The van der Waals surface area contributed by atoms with E-state index in [0.717, 1.165) is 6.07 Å². The number of aromatic nitrogens is 2. The zero-order valence-corrected chi connectivity index (χ0v) is 15.3. The molecule has 3 nitrogen and oxygen atoms in total. The van der Waals surface area contributed by atoms with Crippen molar-refractivity contribution in [1.29, 1.82) is 0 Å². The molecule has 2 rings (SSSR count). The maximum absolute atomic E-state index is 12.5. The number of alkyl halides is 6. The van der Waals surface area contributed by atoms with E-state index in [2.05, 4.69) is 9.97 Å². The third-order valence-electron chi connectivity index (χ3n) is 2.75. The van der Waals surface area contributed by atoms with Gasteiger partial charge in [-0.25, -0.2) is 9.37 Å². The summed E-state index contributed by atoms with van der Waals surface area (Å²) in [6.45, 7) is 6.85.